The van der Waals surface area contributed by atoms with Crippen molar-refractivity contribution in [1.29, 1.82) is 0 Å². The first-order chi connectivity index (χ1) is 5.37. The highest BCUT2D eigenvalue weighted by Gasteiger charge is 2.10. The zero-order chi connectivity index (χ0) is 10.2. The van der Waals surface area contributed by atoms with Gasteiger partial charge in [-0.3, -0.25) is 0 Å². The molecule has 0 rings (SSSR count). The van der Waals surface area contributed by atoms with Crippen molar-refractivity contribution in [2.24, 2.45) is 5.41 Å². The third-order valence-electron chi connectivity index (χ3n) is 0.772. The summed E-state index contributed by atoms with van der Waals surface area (Å²) >= 11 is 0. The van der Waals surface area contributed by atoms with E-state index in [0.717, 1.165) is 0 Å². The van der Waals surface area contributed by atoms with Gasteiger partial charge in [0.2, 0.25) is 0 Å². The van der Waals surface area contributed by atoms with E-state index in [1.165, 1.54) is 14.2 Å². The molecule has 0 spiro atoms. The molecule has 0 amide bonds. The van der Waals surface area contributed by atoms with Gasteiger partial charge in [0, 0.05) is 11.2 Å². The van der Waals surface area contributed by atoms with Crippen molar-refractivity contribution in [3.63, 3.8) is 0 Å². The van der Waals surface area contributed by atoms with E-state index in [9.17, 15) is 4.57 Å². The normalized spacial score (nSPS) is 10.2. The van der Waals surface area contributed by atoms with E-state index < -0.39 is 8.25 Å². The largest absolute Gasteiger partial charge is 0.696 e. The molecule has 0 aliphatic rings. The number of aliphatic hydroxyl groups is 1. The minimum atomic E-state index is -1.83. The lowest BCUT2D eigenvalue weighted by Gasteiger charge is -2.11. The number of hydrogen-bond donors (Lipinski definition) is 1. The second-order valence-corrected chi connectivity index (χ2v) is 4.49. The summed E-state index contributed by atoms with van der Waals surface area (Å²) in [5.41, 5.74) is 0.0972. The van der Waals surface area contributed by atoms with Gasteiger partial charge in [0.25, 0.3) is 0 Å². The molecule has 0 saturated heterocycles. The molecule has 0 unspecified atom stereocenters. The lowest BCUT2D eigenvalue weighted by Crippen LogP contribution is -2.09. The molecule has 12 heavy (non-hydrogen) atoms. The predicted octanol–water partition coefficient (Wildman–Crippen LogP) is 1.96. The van der Waals surface area contributed by atoms with E-state index in [2.05, 4.69) is 9.05 Å². The molecule has 0 bridgehead atoms. The number of rotatable bonds is 2. The van der Waals surface area contributed by atoms with E-state index in [4.69, 9.17) is 5.11 Å². The first-order valence-corrected chi connectivity index (χ1v) is 4.63. The van der Waals surface area contributed by atoms with Gasteiger partial charge in [0.05, 0.1) is 14.2 Å². The third-order valence-corrected chi connectivity index (χ3v) is 1.37. The fraction of sp³-hybridized carbons (Fsp3) is 1.00. The molecule has 0 aliphatic carbocycles. The fourth-order valence-electron chi connectivity index (χ4n) is 0.0745. The molecule has 1 N–H and O–H groups in total. The smallest absolute Gasteiger partial charge is 0.396 e. The lowest BCUT2D eigenvalue weighted by molar-refractivity contribution is 0.177. The van der Waals surface area contributed by atoms with E-state index in [1.807, 2.05) is 20.8 Å². The molecule has 0 aliphatic heterocycles. The van der Waals surface area contributed by atoms with Crippen molar-refractivity contribution < 1.29 is 18.7 Å². The Hall–Kier alpha value is -0.0200. The minimum absolute atomic E-state index is 0.0972. The van der Waals surface area contributed by atoms with Crippen LogP contribution in [-0.2, 0) is 13.6 Å². The van der Waals surface area contributed by atoms with Gasteiger partial charge in [0.1, 0.15) is 0 Å². The highest BCUT2D eigenvalue weighted by Crippen LogP contribution is 2.18. The van der Waals surface area contributed by atoms with Crippen molar-refractivity contribution in [3.8, 4) is 0 Å². The minimum Gasteiger partial charge on any atom is -0.396 e. The summed E-state index contributed by atoms with van der Waals surface area (Å²) in [6, 6.07) is 0. The average Bonchev–Trinajstić information content (AvgIpc) is 2.03. The van der Waals surface area contributed by atoms with Crippen LogP contribution in [0.4, 0.5) is 0 Å². The van der Waals surface area contributed by atoms with E-state index >= 15 is 0 Å². The summed E-state index contributed by atoms with van der Waals surface area (Å²) in [4.78, 5) is 0. The molecule has 0 heterocycles. The van der Waals surface area contributed by atoms with Crippen molar-refractivity contribution >= 4 is 8.25 Å². The van der Waals surface area contributed by atoms with Crippen LogP contribution in [0, 0.1) is 5.41 Å². The van der Waals surface area contributed by atoms with Crippen LogP contribution >= 0.6 is 8.25 Å². The van der Waals surface area contributed by atoms with Crippen molar-refractivity contribution in [3.05, 3.63) is 0 Å². The predicted molar refractivity (Wildman–Crippen MR) is 48.2 cm³/mol. The van der Waals surface area contributed by atoms with Crippen LogP contribution in [0.5, 0.6) is 0 Å². The maximum atomic E-state index is 9.88. The van der Waals surface area contributed by atoms with Gasteiger partial charge in [-0.05, 0) is 5.41 Å². The van der Waals surface area contributed by atoms with E-state index in [-0.39, 0.29) is 12.0 Å². The SMILES string of the molecule is CC(C)(C)CO.CO[P+](=O)OC. The van der Waals surface area contributed by atoms with Gasteiger partial charge in [0.15, 0.2) is 0 Å². The van der Waals surface area contributed by atoms with Gasteiger partial charge < -0.3 is 5.11 Å². The Morgan fingerprint density at radius 1 is 1.25 bits per heavy atom. The number of aliphatic hydroxyl groups excluding tert-OH is 1. The van der Waals surface area contributed by atoms with Gasteiger partial charge in [-0.25, -0.2) is 0 Å². The molecule has 0 fully saturated rings. The van der Waals surface area contributed by atoms with Crippen molar-refractivity contribution in [1.82, 2.24) is 0 Å². The molecule has 74 valence electrons. The van der Waals surface area contributed by atoms with Crippen LogP contribution in [-0.4, -0.2) is 25.9 Å². The topological polar surface area (TPSA) is 55.8 Å². The standard InChI is InChI=1S/C5H12O.C2H6O3P/c1-5(2,3)4-6;1-4-6(3)5-2/h6H,4H2,1-3H3;1-2H3/q;+1. The van der Waals surface area contributed by atoms with Crippen LogP contribution in [0.2, 0.25) is 0 Å². The molecule has 0 saturated carbocycles. The lowest BCUT2D eigenvalue weighted by atomic mass is 9.99. The van der Waals surface area contributed by atoms with Crippen LogP contribution in [0.15, 0.2) is 0 Å². The zero-order valence-corrected chi connectivity index (χ0v) is 9.22. The fourth-order valence-corrected chi connectivity index (χ4v) is 0.224. The Bertz CT molecular complexity index is 113. The Morgan fingerprint density at radius 3 is 1.50 bits per heavy atom. The molecule has 0 aromatic heterocycles. The van der Waals surface area contributed by atoms with Crippen molar-refractivity contribution in [2.75, 3.05) is 20.8 Å². The highest BCUT2D eigenvalue weighted by molar-refractivity contribution is 7.33. The Morgan fingerprint density at radius 2 is 1.50 bits per heavy atom. The van der Waals surface area contributed by atoms with Crippen molar-refractivity contribution in [2.45, 2.75) is 20.8 Å². The summed E-state index contributed by atoms with van der Waals surface area (Å²) < 4.78 is 18.3. The van der Waals surface area contributed by atoms with Gasteiger partial charge in [-0.1, -0.05) is 20.8 Å². The molecular formula is C7H18O4P+. The van der Waals surface area contributed by atoms with E-state index in [1.54, 1.807) is 0 Å². The van der Waals surface area contributed by atoms with Gasteiger partial charge in [-0.2, -0.15) is 0 Å². The Kier molecular flexibility index (Phi) is 9.21. The molecular weight excluding hydrogens is 179 g/mol. The molecule has 5 heteroatoms. The molecule has 4 nitrogen and oxygen atoms in total. The highest BCUT2D eigenvalue weighted by atomic mass is 31.1. The van der Waals surface area contributed by atoms with Crippen LogP contribution in [0.1, 0.15) is 20.8 Å². The summed E-state index contributed by atoms with van der Waals surface area (Å²) in [5.74, 6) is 0. The molecule has 0 atom stereocenters. The molecule has 0 aromatic rings. The molecule has 0 aromatic carbocycles. The maximum absolute atomic E-state index is 9.88. The summed E-state index contributed by atoms with van der Waals surface area (Å²) in [7, 11) is 0.817. The van der Waals surface area contributed by atoms with Crippen LogP contribution in [0.3, 0.4) is 0 Å². The second-order valence-electron chi connectivity index (χ2n) is 3.31. The Labute approximate surface area is 74.8 Å². The number of hydrogen-bond acceptors (Lipinski definition) is 4. The van der Waals surface area contributed by atoms with Gasteiger partial charge >= 0.3 is 8.25 Å². The van der Waals surface area contributed by atoms with Gasteiger partial charge in [-0.15, -0.1) is 9.05 Å². The summed E-state index contributed by atoms with van der Waals surface area (Å²) in [6.45, 7) is 6.25. The van der Waals surface area contributed by atoms with E-state index in [0.29, 0.717) is 0 Å². The first kappa shape index (κ1) is 14.5. The zero-order valence-electron chi connectivity index (χ0n) is 8.33. The Balaban J connectivity index is 0. The maximum Gasteiger partial charge on any atom is 0.696 e. The summed E-state index contributed by atoms with van der Waals surface area (Å²) in [5, 5.41) is 8.40. The quantitative estimate of drug-likeness (QED) is 0.687. The summed E-state index contributed by atoms with van der Waals surface area (Å²) in [6.07, 6.45) is 0. The first-order valence-electron chi connectivity index (χ1n) is 3.53. The van der Waals surface area contributed by atoms with Crippen LogP contribution in [0.25, 0.3) is 0 Å². The molecule has 0 radical (unpaired) electrons. The second kappa shape index (κ2) is 7.62. The average molecular weight is 197 g/mol. The monoisotopic (exact) mass is 197 g/mol. The van der Waals surface area contributed by atoms with Crippen LogP contribution < -0.4 is 0 Å². The third kappa shape index (κ3) is 16.5.